The van der Waals surface area contributed by atoms with E-state index >= 15 is 0 Å². The highest BCUT2D eigenvalue weighted by Gasteiger charge is 1.88. The first kappa shape index (κ1) is 6.44. The van der Waals surface area contributed by atoms with Crippen molar-refractivity contribution in [1.82, 2.24) is 4.98 Å². The van der Waals surface area contributed by atoms with Crippen LogP contribution in [0.3, 0.4) is 0 Å². The molecule has 9 heavy (non-hydrogen) atoms. The lowest BCUT2D eigenvalue weighted by Crippen LogP contribution is -1.97. The first-order chi connectivity index (χ1) is 4.34. The molecular weight excluding hydrogens is 129 g/mol. The van der Waals surface area contributed by atoms with E-state index in [0.29, 0.717) is 0 Å². The number of aromatic nitrogens is 1. The van der Waals surface area contributed by atoms with Gasteiger partial charge in [0, 0.05) is 6.20 Å². The first-order valence-electron chi connectivity index (χ1n) is 2.67. The maximum absolute atomic E-state index is 4.06. The van der Waals surface area contributed by atoms with E-state index in [1.165, 1.54) is 0 Å². The van der Waals surface area contributed by atoms with E-state index in [0.717, 1.165) is 11.0 Å². The van der Waals surface area contributed by atoms with Gasteiger partial charge in [0.1, 0.15) is 0 Å². The van der Waals surface area contributed by atoms with Crippen molar-refractivity contribution >= 4 is 20.6 Å². The van der Waals surface area contributed by atoms with Crippen molar-refractivity contribution < 1.29 is 0 Å². The van der Waals surface area contributed by atoms with Gasteiger partial charge in [-0.15, -0.1) is 9.24 Å². The zero-order valence-corrected chi connectivity index (χ0v) is 6.20. The summed E-state index contributed by atoms with van der Waals surface area (Å²) in [5, 5.41) is 1.09. The Kier molecular flexibility index (Phi) is 1.96. The molecule has 1 nitrogen and oxygen atoms in total. The second-order valence-electron chi connectivity index (χ2n) is 1.68. The summed E-state index contributed by atoms with van der Waals surface area (Å²) in [5.41, 5.74) is 0.933. The highest BCUT2D eigenvalue weighted by molar-refractivity contribution is 7.27. The maximum atomic E-state index is 4.06. The molecule has 0 amide bonds. The number of nitrogens with zero attached hydrogens (tertiary/aromatic N) is 1. The number of pyridine rings is 1. The van der Waals surface area contributed by atoms with Crippen molar-refractivity contribution in [2.24, 2.45) is 0 Å². The molecule has 1 atom stereocenters. The number of hydrogen-bond acceptors (Lipinski definition) is 1. The van der Waals surface area contributed by atoms with Gasteiger partial charge < -0.3 is 0 Å². The van der Waals surface area contributed by atoms with Crippen LogP contribution in [0.1, 0.15) is 5.69 Å². The van der Waals surface area contributed by atoms with E-state index in [1.807, 2.05) is 12.1 Å². The highest BCUT2D eigenvalue weighted by Crippen LogP contribution is 1.95. The Morgan fingerprint density at radius 1 is 1.67 bits per heavy atom. The minimum absolute atomic E-state index is 0.933. The molecule has 46 valence electrons. The molecule has 0 radical (unpaired) electrons. The van der Waals surface area contributed by atoms with Crippen LogP contribution in [0.15, 0.2) is 24.9 Å². The molecular formula is C7H8NP. The van der Waals surface area contributed by atoms with Crippen LogP contribution >= 0.6 is 9.24 Å². The van der Waals surface area contributed by atoms with E-state index in [-0.39, 0.29) is 0 Å². The van der Waals surface area contributed by atoms with Crippen LogP contribution in [0.2, 0.25) is 0 Å². The average molecular weight is 137 g/mol. The minimum Gasteiger partial charge on any atom is -0.256 e. The maximum Gasteiger partial charge on any atom is 0.0695 e. The van der Waals surface area contributed by atoms with Gasteiger partial charge in [-0.1, -0.05) is 12.6 Å². The van der Waals surface area contributed by atoms with Crippen LogP contribution < -0.4 is 5.30 Å². The topological polar surface area (TPSA) is 12.9 Å². The molecule has 0 saturated carbocycles. The Bertz CT molecular complexity index is 220. The van der Waals surface area contributed by atoms with Gasteiger partial charge in [-0.2, -0.15) is 0 Å². The number of rotatable bonds is 1. The van der Waals surface area contributed by atoms with Crippen LogP contribution in [0.25, 0.3) is 6.08 Å². The molecule has 0 N–H and O–H groups in total. The number of hydrogen-bond donors (Lipinski definition) is 0. The largest absolute Gasteiger partial charge is 0.256 e. The lowest BCUT2D eigenvalue weighted by atomic mass is 10.3. The molecule has 0 bridgehead atoms. The molecule has 0 aliphatic rings. The Balaban J connectivity index is 3.15. The van der Waals surface area contributed by atoms with Gasteiger partial charge in [0.15, 0.2) is 0 Å². The van der Waals surface area contributed by atoms with Gasteiger partial charge >= 0.3 is 0 Å². The van der Waals surface area contributed by atoms with Crippen molar-refractivity contribution in [3.63, 3.8) is 0 Å². The first-order valence-corrected chi connectivity index (χ1v) is 3.25. The van der Waals surface area contributed by atoms with Gasteiger partial charge in [-0.05, 0) is 17.4 Å². The zero-order chi connectivity index (χ0) is 6.69. The molecule has 0 fully saturated rings. The summed E-state index contributed by atoms with van der Waals surface area (Å²) < 4.78 is 0. The monoisotopic (exact) mass is 137 g/mol. The molecule has 0 spiro atoms. The standard InChI is InChI=1S/C7H8NP/c1-2-6-7(9)4-3-5-8-6/h2-5H,1,9H2. The summed E-state index contributed by atoms with van der Waals surface area (Å²) in [5.74, 6) is 0. The van der Waals surface area contributed by atoms with Gasteiger partial charge in [0.05, 0.1) is 5.69 Å². The van der Waals surface area contributed by atoms with E-state index < -0.39 is 0 Å². The zero-order valence-electron chi connectivity index (χ0n) is 5.04. The van der Waals surface area contributed by atoms with Crippen LogP contribution in [-0.2, 0) is 0 Å². The lowest BCUT2D eigenvalue weighted by Gasteiger charge is -1.93. The molecule has 0 saturated heterocycles. The predicted octanol–water partition coefficient (Wildman–Crippen LogP) is 1.22. The van der Waals surface area contributed by atoms with E-state index in [9.17, 15) is 0 Å². The molecule has 1 aromatic rings. The van der Waals surface area contributed by atoms with Crippen molar-refractivity contribution in [3.05, 3.63) is 30.6 Å². The summed E-state index contributed by atoms with van der Waals surface area (Å²) in [6.45, 7) is 3.62. The van der Waals surface area contributed by atoms with E-state index in [2.05, 4.69) is 20.8 Å². The second-order valence-corrected chi connectivity index (χ2v) is 2.30. The normalized spacial score (nSPS) is 9.00. The van der Waals surface area contributed by atoms with Crippen molar-refractivity contribution in [1.29, 1.82) is 0 Å². The predicted molar refractivity (Wildman–Crippen MR) is 43.7 cm³/mol. The third kappa shape index (κ3) is 1.36. The summed E-state index contributed by atoms with van der Waals surface area (Å²) in [6.07, 6.45) is 3.49. The smallest absolute Gasteiger partial charge is 0.0695 e. The Morgan fingerprint density at radius 2 is 2.44 bits per heavy atom. The molecule has 1 aromatic heterocycles. The van der Waals surface area contributed by atoms with Crippen molar-refractivity contribution in [2.75, 3.05) is 0 Å². The van der Waals surface area contributed by atoms with Crippen LogP contribution in [0.4, 0.5) is 0 Å². The lowest BCUT2D eigenvalue weighted by molar-refractivity contribution is 1.32. The van der Waals surface area contributed by atoms with Gasteiger partial charge in [0.2, 0.25) is 0 Å². The van der Waals surface area contributed by atoms with E-state index in [4.69, 9.17) is 0 Å². The van der Waals surface area contributed by atoms with Crippen LogP contribution in [0, 0.1) is 0 Å². The fourth-order valence-electron chi connectivity index (χ4n) is 0.601. The minimum atomic E-state index is 0.933. The third-order valence-electron chi connectivity index (χ3n) is 1.06. The summed E-state index contributed by atoms with van der Waals surface area (Å²) in [7, 11) is 2.60. The summed E-state index contributed by atoms with van der Waals surface area (Å²) >= 11 is 0. The summed E-state index contributed by atoms with van der Waals surface area (Å²) in [6, 6.07) is 3.88. The Morgan fingerprint density at radius 3 is 2.89 bits per heavy atom. The highest BCUT2D eigenvalue weighted by atomic mass is 31.0. The van der Waals surface area contributed by atoms with Crippen LogP contribution in [0.5, 0.6) is 0 Å². The van der Waals surface area contributed by atoms with Crippen LogP contribution in [-0.4, -0.2) is 4.98 Å². The van der Waals surface area contributed by atoms with Gasteiger partial charge in [0.25, 0.3) is 0 Å². The summed E-state index contributed by atoms with van der Waals surface area (Å²) in [4.78, 5) is 4.06. The average Bonchev–Trinajstić information content (AvgIpc) is 1.89. The molecule has 0 aromatic carbocycles. The molecule has 1 unspecified atom stereocenters. The molecule has 2 heteroatoms. The molecule has 1 heterocycles. The molecule has 1 rings (SSSR count). The van der Waals surface area contributed by atoms with Gasteiger partial charge in [-0.25, -0.2) is 0 Å². The Hall–Kier alpha value is -0.680. The molecule has 0 aliphatic carbocycles. The second kappa shape index (κ2) is 2.75. The van der Waals surface area contributed by atoms with E-state index in [1.54, 1.807) is 12.3 Å². The van der Waals surface area contributed by atoms with Crippen molar-refractivity contribution in [2.45, 2.75) is 0 Å². The fourth-order valence-corrected chi connectivity index (χ4v) is 0.904. The quantitative estimate of drug-likeness (QED) is 0.530. The third-order valence-corrected chi connectivity index (χ3v) is 1.55. The SMILES string of the molecule is C=Cc1ncccc1P. The van der Waals surface area contributed by atoms with Gasteiger partial charge in [-0.3, -0.25) is 4.98 Å². The van der Waals surface area contributed by atoms with Crippen molar-refractivity contribution in [3.8, 4) is 0 Å². The molecule has 0 aliphatic heterocycles. The Labute approximate surface area is 57.0 Å². The fraction of sp³-hybridized carbons (Fsp3) is 0.